The van der Waals surface area contributed by atoms with Gasteiger partial charge in [-0.1, -0.05) is 0 Å². The predicted molar refractivity (Wildman–Crippen MR) is 60.9 cm³/mol. The quantitative estimate of drug-likeness (QED) is 0.778. The highest BCUT2D eigenvalue weighted by Crippen LogP contribution is 2.36. The molecule has 1 saturated heterocycles. The second-order valence-corrected chi connectivity index (χ2v) is 5.18. The first-order chi connectivity index (χ1) is 8.07. The Kier molecular flexibility index (Phi) is 3.97. The molecule has 1 heterocycles. The van der Waals surface area contributed by atoms with Crippen LogP contribution in [0.4, 0.5) is 8.78 Å². The van der Waals surface area contributed by atoms with Gasteiger partial charge in [0.25, 0.3) is 0 Å². The van der Waals surface area contributed by atoms with Gasteiger partial charge in [-0.2, -0.15) is 0 Å². The van der Waals surface area contributed by atoms with E-state index in [4.69, 9.17) is 0 Å². The summed E-state index contributed by atoms with van der Waals surface area (Å²) in [5.41, 5.74) is 0. The fraction of sp³-hybridized carbons (Fsp3) is 0.917. The lowest BCUT2D eigenvalue weighted by Gasteiger charge is -2.30. The number of hydrogen-bond acceptors (Lipinski definition) is 2. The summed E-state index contributed by atoms with van der Waals surface area (Å²) in [6.45, 7) is 1.80. The van der Waals surface area contributed by atoms with Gasteiger partial charge in [-0.15, -0.1) is 0 Å². The summed E-state index contributed by atoms with van der Waals surface area (Å²) in [5.74, 6) is -2.80. The summed E-state index contributed by atoms with van der Waals surface area (Å²) in [5, 5.41) is 6.19. The average Bonchev–Trinajstić information content (AvgIpc) is 2.30. The molecule has 2 N–H and O–H groups in total. The molecule has 2 fully saturated rings. The largest absolute Gasteiger partial charge is 0.352 e. The number of amides is 1. The smallest absolute Gasteiger partial charge is 0.248 e. The first kappa shape index (κ1) is 12.7. The second-order valence-electron chi connectivity index (χ2n) is 5.18. The Labute approximate surface area is 100 Å². The van der Waals surface area contributed by atoms with Crippen molar-refractivity contribution < 1.29 is 13.6 Å². The van der Waals surface area contributed by atoms with Crippen molar-refractivity contribution in [3.05, 3.63) is 0 Å². The van der Waals surface area contributed by atoms with E-state index >= 15 is 0 Å². The molecule has 1 aliphatic heterocycles. The molecular formula is C12H20F2N2O. The lowest BCUT2D eigenvalue weighted by molar-refractivity contribution is -0.130. The molecule has 0 radical (unpaired) electrons. The molecule has 2 aliphatic rings. The standard InChI is InChI=1S/C12H20F2N2O/c13-12(14)5-3-9(4-6-12)11(17)16-10-2-1-7-15-8-10/h9-10,15H,1-8H2,(H,16,17)/t10-/m0/s1. The maximum atomic E-state index is 13.0. The zero-order chi connectivity index (χ0) is 12.3. The number of carbonyl (C=O) groups excluding carboxylic acids is 1. The molecule has 2 rings (SSSR count). The van der Waals surface area contributed by atoms with Crippen LogP contribution in [0.2, 0.25) is 0 Å². The van der Waals surface area contributed by atoms with Crippen LogP contribution < -0.4 is 10.6 Å². The molecular weight excluding hydrogens is 226 g/mol. The van der Waals surface area contributed by atoms with Crippen LogP contribution in [0.5, 0.6) is 0 Å². The van der Waals surface area contributed by atoms with Gasteiger partial charge in [0.05, 0.1) is 0 Å². The van der Waals surface area contributed by atoms with Crippen LogP contribution in [0.25, 0.3) is 0 Å². The topological polar surface area (TPSA) is 41.1 Å². The van der Waals surface area contributed by atoms with E-state index in [1.807, 2.05) is 0 Å². The second kappa shape index (κ2) is 5.29. The molecule has 1 atom stereocenters. The fourth-order valence-corrected chi connectivity index (χ4v) is 2.60. The molecule has 1 amide bonds. The van der Waals surface area contributed by atoms with Gasteiger partial charge in [-0.3, -0.25) is 4.79 Å². The van der Waals surface area contributed by atoms with Gasteiger partial charge in [-0.25, -0.2) is 8.78 Å². The minimum atomic E-state index is -2.55. The number of alkyl halides is 2. The Morgan fingerprint density at radius 2 is 1.94 bits per heavy atom. The van der Waals surface area contributed by atoms with E-state index in [1.54, 1.807) is 0 Å². The van der Waals surface area contributed by atoms with Gasteiger partial charge in [0.15, 0.2) is 0 Å². The van der Waals surface area contributed by atoms with Crippen LogP contribution >= 0.6 is 0 Å². The van der Waals surface area contributed by atoms with E-state index in [1.165, 1.54) is 0 Å². The molecule has 1 saturated carbocycles. The number of rotatable bonds is 2. The van der Waals surface area contributed by atoms with Crippen molar-refractivity contribution in [2.45, 2.75) is 50.5 Å². The van der Waals surface area contributed by atoms with Crippen LogP contribution in [-0.2, 0) is 4.79 Å². The minimum absolute atomic E-state index is 0.0331. The molecule has 3 nitrogen and oxygen atoms in total. The van der Waals surface area contributed by atoms with Crippen LogP contribution in [0.3, 0.4) is 0 Å². The zero-order valence-electron chi connectivity index (χ0n) is 9.98. The van der Waals surface area contributed by atoms with Gasteiger partial charge >= 0.3 is 0 Å². The van der Waals surface area contributed by atoms with Crippen molar-refractivity contribution in [3.63, 3.8) is 0 Å². The Balaban J connectivity index is 1.76. The number of halogens is 2. The van der Waals surface area contributed by atoms with Crippen LogP contribution in [0, 0.1) is 5.92 Å². The molecule has 0 aromatic rings. The lowest BCUT2D eigenvalue weighted by atomic mass is 9.86. The van der Waals surface area contributed by atoms with E-state index < -0.39 is 5.92 Å². The lowest BCUT2D eigenvalue weighted by Crippen LogP contribution is -2.48. The van der Waals surface area contributed by atoms with Gasteiger partial charge < -0.3 is 10.6 Å². The number of hydrogen-bond donors (Lipinski definition) is 2. The highest BCUT2D eigenvalue weighted by Gasteiger charge is 2.37. The first-order valence-electron chi connectivity index (χ1n) is 6.46. The van der Waals surface area contributed by atoms with E-state index in [0.717, 1.165) is 25.9 Å². The number of piperidine rings is 1. The van der Waals surface area contributed by atoms with E-state index in [2.05, 4.69) is 10.6 Å². The minimum Gasteiger partial charge on any atom is -0.352 e. The number of carbonyl (C=O) groups is 1. The summed E-state index contributed by atoms with van der Waals surface area (Å²) in [6.07, 6.45) is 2.40. The van der Waals surface area contributed by atoms with E-state index in [-0.39, 0.29) is 30.7 Å². The van der Waals surface area contributed by atoms with Crippen molar-refractivity contribution >= 4 is 5.91 Å². The van der Waals surface area contributed by atoms with Crippen molar-refractivity contribution in [1.82, 2.24) is 10.6 Å². The highest BCUT2D eigenvalue weighted by atomic mass is 19.3. The summed E-state index contributed by atoms with van der Waals surface area (Å²) >= 11 is 0. The molecule has 0 unspecified atom stereocenters. The van der Waals surface area contributed by atoms with E-state index in [9.17, 15) is 13.6 Å². The molecule has 0 bridgehead atoms. The summed E-state index contributed by atoms with van der Waals surface area (Å²) in [6, 6.07) is 0.179. The maximum Gasteiger partial charge on any atom is 0.248 e. The molecule has 1 aliphatic carbocycles. The highest BCUT2D eigenvalue weighted by molar-refractivity contribution is 5.79. The van der Waals surface area contributed by atoms with Crippen LogP contribution in [0.15, 0.2) is 0 Å². The normalized spacial score (nSPS) is 29.9. The van der Waals surface area contributed by atoms with Crippen molar-refractivity contribution in [1.29, 1.82) is 0 Å². The third-order valence-corrected chi connectivity index (χ3v) is 3.73. The Morgan fingerprint density at radius 1 is 1.24 bits per heavy atom. The summed E-state index contributed by atoms with van der Waals surface area (Å²) < 4.78 is 25.9. The van der Waals surface area contributed by atoms with Crippen molar-refractivity contribution in [2.75, 3.05) is 13.1 Å². The molecule has 5 heteroatoms. The molecule has 0 aromatic carbocycles. The third kappa shape index (κ3) is 3.63. The molecule has 17 heavy (non-hydrogen) atoms. The van der Waals surface area contributed by atoms with Crippen LogP contribution in [-0.4, -0.2) is 31.0 Å². The summed E-state index contributed by atoms with van der Waals surface area (Å²) in [7, 11) is 0. The Hall–Kier alpha value is -0.710. The molecule has 0 aromatic heterocycles. The first-order valence-corrected chi connectivity index (χ1v) is 6.46. The summed E-state index contributed by atoms with van der Waals surface area (Å²) in [4.78, 5) is 11.9. The monoisotopic (exact) mass is 246 g/mol. The number of nitrogens with one attached hydrogen (secondary N) is 2. The SMILES string of the molecule is O=C(N[C@H]1CCCNC1)C1CCC(F)(F)CC1. The van der Waals surface area contributed by atoms with Crippen LogP contribution in [0.1, 0.15) is 38.5 Å². The third-order valence-electron chi connectivity index (χ3n) is 3.73. The van der Waals surface area contributed by atoms with Gasteiger partial charge in [-0.05, 0) is 32.2 Å². The zero-order valence-corrected chi connectivity index (χ0v) is 9.98. The van der Waals surface area contributed by atoms with Crippen molar-refractivity contribution in [2.24, 2.45) is 5.92 Å². The van der Waals surface area contributed by atoms with Crippen molar-refractivity contribution in [3.8, 4) is 0 Å². The Bertz CT molecular complexity index is 268. The average molecular weight is 246 g/mol. The molecule has 0 spiro atoms. The van der Waals surface area contributed by atoms with Gasteiger partial charge in [0.1, 0.15) is 0 Å². The van der Waals surface area contributed by atoms with Gasteiger partial charge in [0, 0.05) is 31.3 Å². The molecule has 98 valence electrons. The predicted octanol–water partition coefficient (Wildman–Crippen LogP) is 1.68. The fourth-order valence-electron chi connectivity index (χ4n) is 2.60. The van der Waals surface area contributed by atoms with E-state index in [0.29, 0.717) is 12.8 Å². The Morgan fingerprint density at radius 3 is 2.53 bits per heavy atom. The maximum absolute atomic E-state index is 13.0. The van der Waals surface area contributed by atoms with Gasteiger partial charge in [0.2, 0.25) is 11.8 Å².